The van der Waals surface area contributed by atoms with Crippen molar-refractivity contribution in [2.45, 2.75) is 38.0 Å². The molecule has 0 unspecified atom stereocenters. The molecule has 0 bridgehead atoms. The quantitative estimate of drug-likeness (QED) is 0.928. The van der Waals surface area contributed by atoms with Gasteiger partial charge in [-0.05, 0) is 42.5 Å². The predicted molar refractivity (Wildman–Crippen MR) is 72.8 cm³/mol. The van der Waals surface area contributed by atoms with Gasteiger partial charge in [0.25, 0.3) is 5.89 Å². The summed E-state index contributed by atoms with van der Waals surface area (Å²) in [5.74, 6) is 1.26. The number of ether oxygens (including phenoxy) is 1. The van der Waals surface area contributed by atoms with Crippen molar-refractivity contribution in [3.63, 3.8) is 0 Å². The molecule has 1 aromatic heterocycles. The van der Waals surface area contributed by atoms with Gasteiger partial charge in [-0.25, -0.2) is 0 Å². The Hall–Kier alpha value is -1.72. The van der Waals surface area contributed by atoms with Crippen LogP contribution in [0.4, 0.5) is 0 Å². The lowest BCUT2D eigenvalue weighted by atomic mass is 9.79. The standard InChI is InChI=1S/C15H17N3O2/c1-19-15(5-2-6-15)14-17-13(20-18-14)10-3-4-11-8-16-9-12(11)7-10/h3-4,7,16H,2,5-6,8-9H2,1H3. The van der Waals surface area contributed by atoms with E-state index in [9.17, 15) is 0 Å². The third-order valence-corrected chi connectivity index (χ3v) is 4.47. The Bertz CT molecular complexity index is 641. The van der Waals surface area contributed by atoms with Gasteiger partial charge in [-0.15, -0.1) is 0 Å². The fourth-order valence-electron chi connectivity index (χ4n) is 2.97. The number of hydrogen-bond acceptors (Lipinski definition) is 5. The maximum absolute atomic E-state index is 5.59. The summed E-state index contributed by atoms with van der Waals surface area (Å²) in [6.07, 6.45) is 3.09. The van der Waals surface area contributed by atoms with Gasteiger partial charge in [0.05, 0.1) is 0 Å². The zero-order valence-electron chi connectivity index (χ0n) is 11.5. The minimum absolute atomic E-state index is 0.319. The van der Waals surface area contributed by atoms with Gasteiger partial charge in [-0.2, -0.15) is 4.98 Å². The molecule has 5 heteroatoms. The van der Waals surface area contributed by atoms with Gasteiger partial charge in [0.1, 0.15) is 5.60 Å². The van der Waals surface area contributed by atoms with Crippen LogP contribution in [0.25, 0.3) is 11.5 Å². The molecule has 0 spiro atoms. The monoisotopic (exact) mass is 271 g/mol. The lowest BCUT2D eigenvalue weighted by Gasteiger charge is -2.37. The first-order valence-electron chi connectivity index (χ1n) is 7.03. The number of benzene rings is 1. The topological polar surface area (TPSA) is 60.2 Å². The molecule has 20 heavy (non-hydrogen) atoms. The Morgan fingerprint density at radius 3 is 2.85 bits per heavy atom. The second-order valence-corrected chi connectivity index (χ2v) is 5.56. The molecular weight excluding hydrogens is 254 g/mol. The summed E-state index contributed by atoms with van der Waals surface area (Å²) in [7, 11) is 1.72. The van der Waals surface area contributed by atoms with Crippen molar-refractivity contribution in [3.05, 3.63) is 35.2 Å². The summed E-state index contributed by atoms with van der Waals surface area (Å²) in [5.41, 5.74) is 3.32. The molecule has 0 radical (unpaired) electrons. The number of nitrogens with zero attached hydrogens (tertiary/aromatic N) is 2. The highest BCUT2D eigenvalue weighted by molar-refractivity contribution is 5.56. The minimum atomic E-state index is -0.319. The average molecular weight is 271 g/mol. The summed E-state index contributed by atoms with van der Waals surface area (Å²) >= 11 is 0. The third kappa shape index (κ3) is 1.70. The van der Waals surface area contributed by atoms with Crippen LogP contribution in [0, 0.1) is 0 Å². The van der Waals surface area contributed by atoms with E-state index in [0.717, 1.165) is 37.9 Å². The molecule has 5 nitrogen and oxygen atoms in total. The zero-order chi connectivity index (χ0) is 13.6. The first kappa shape index (κ1) is 12.1. The van der Waals surface area contributed by atoms with E-state index >= 15 is 0 Å². The molecule has 104 valence electrons. The maximum Gasteiger partial charge on any atom is 0.258 e. The van der Waals surface area contributed by atoms with E-state index in [1.165, 1.54) is 11.1 Å². The van der Waals surface area contributed by atoms with E-state index in [1.54, 1.807) is 7.11 Å². The molecule has 0 atom stereocenters. The summed E-state index contributed by atoms with van der Waals surface area (Å²) < 4.78 is 11.0. The van der Waals surface area contributed by atoms with Gasteiger partial charge in [-0.1, -0.05) is 11.2 Å². The second-order valence-electron chi connectivity index (χ2n) is 5.56. The summed E-state index contributed by atoms with van der Waals surface area (Å²) in [5, 5.41) is 7.46. The number of nitrogens with one attached hydrogen (secondary N) is 1. The van der Waals surface area contributed by atoms with Crippen LogP contribution in [0.3, 0.4) is 0 Å². The smallest absolute Gasteiger partial charge is 0.258 e. The van der Waals surface area contributed by atoms with Crippen LogP contribution in [0.5, 0.6) is 0 Å². The lowest BCUT2D eigenvalue weighted by molar-refractivity contribution is -0.0858. The molecule has 1 N–H and O–H groups in total. The normalized spacial score (nSPS) is 19.6. The fourth-order valence-corrected chi connectivity index (χ4v) is 2.97. The maximum atomic E-state index is 5.59. The first-order valence-corrected chi connectivity index (χ1v) is 7.03. The molecule has 1 aromatic carbocycles. The van der Waals surface area contributed by atoms with Crippen LogP contribution >= 0.6 is 0 Å². The third-order valence-electron chi connectivity index (χ3n) is 4.47. The largest absolute Gasteiger partial charge is 0.370 e. The van der Waals surface area contributed by atoms with Crippen LogP contribution in [-0.2, 0) is 23.4 Å². The number of methoxy groups -OCH3 is 1. The number of aromatic nitrogens is 2. The molecule has 0 amide bonds. The molecule has 2 aliphatic rings. The molecule has 1 saturated carbocycles. The summed E-state index contributed by atoms with van der Waals surface area (Å²) in [6.45, 7) is 1.85. The van der Waals surface area contributed by atoms with Gasteiger partial charge in [0.15, 0.2) is 0 Å². The van der Waals surface area contributed by atoms with E-state index in [2.05, 4.69) is 27.6 Å². The highest BCUT2D eigenvalue weighted by Gasteiger charge is 2.43. The SMILES string of the molecule is COC1(c2noc(-c3ccc4c(c3)CNC4)n2)CCC1. The van der Waals surface area contributed by atoms with Crippen LogP contribution < -0.4 is 5.32 Å². The fraction of sp³-hybridized carbons (Fsp3) is 0.467. The van der Waals surface area contributed by atoms with Crippen molar-refractivity contribution in [3.8, 4) is 11.5 Å². The lowest BCUT2D eigenvalue weighted by Crippen LogP contribution is -2.37. The average Bonchev–Trinajstić information content (AvgIpc) is 3.06. The van der Waals surface area contributed by atoms with E-state index < -0.39 is 0 Å². The highest BCUT2D eigenvalue weighted by Crippen LogP contribution is 2.43. The van der Waals surface area contributed by atoms with Gasteiger partial charge < -0.3 is 14.6 Å². The Labute approximate surface area is 117 Å². The Morgan fingerprint density at radius 1 is 1.25 bits per heavy atom. The van der Waals surface area contributed by atoms with Crippen molar-refractivity contribution in [1.29, 1.82) is 0 Å². The Balaban J connectivity index is 1.68. The van der Waals surface area contributed by atoms with Gasteiger partial charge in [-0.3, -0.25) is 0 Å². The van der Waals surface area contributed by atoms with Gasteiger partial charge >= 0.3 is 0 Å². The van der Waals surface area contributed by atoms with Crippen molar-refractivity contribution in [1.82, 2.24) is 15.5 Å². The van der Waals surface area contributed by atoms with Crippen LogP contribution in [0.1, 0.15) is 36.2 Å². The molecule has 1 aliphatic heterocycles. The molecular formula is C15H17N3O2. The van der Waals surface area contributed by atoms with Crippen LogP contribution in [0.2, 0.25) is 0 Å². The van der Waals surface area contributed by atoms with E-state index in [1.807, 2.05) is 6.07 Å². The summed E-state index contributed by atoms with van der Waals surface area (Å²) in [6, 6.07) is 6.31. The number of rotatable bonds is 3. The van der Waals surface area contributed by atoms with E-state index in [4.69, 9.17) is 9.26 Å². The number of hydrogen-bond donors (Lipinski definition) is 1. The van der Waals surface area contributed by atoms with Crippen LogP contribution in [-0.4, -0.2) is 17.3 Å². The van der Waals surface area contributed by atoms with Crippen LogP contribution in [0.15, 0.2) is 22.7 Å². The highest BCUT2D eigenvalue weighted by atomic mass is 16.5. The molecule has 0 saturated heterocycles. The van der Waals surface area contributed by atoms with E-state index in [-0.39, 0.29) is 5.60 Å². The molecule has 2 aromatic rings. The molecule has 1 fully saturated rings. The second kappa shape index (κ2) is 4.40. The summed E-state index contributed by atoms with van der Waals surface area (Å²) in [4.78, 5) is 4.55. The zero-order valence-corrected chi connectivity index (χ0v) is 11.5. The predicted octanol–water partition coefficient (Wildman–Crippen LogP) is 2.37. The molecule has 2 heterocycles. The minimum Gasteiger partial charge on any atom is -0.370 e. The van der Waals surface area contributed by atoms with Gasteiger partial charge in [0.2, 0.25) is 5.82 Å². The van der Waals surface area contributed by atoms with Gasteiger partial charge in [0, 0.05) is 25.8 Å². The van der Waals surface area contributed by atoms with Crippen molar-refractivity contribution in [2.75, 3.05) is 7.11 Å². The van der Waals surface area contributed by atoms with Crippen molar-refractivity contribution < 1.29 is 9.26 Å². The molecule has 4 rings (SSSR count). The van der Waals surface area contributed by atoms with Crippen molar-refractivity contribution in [2.24, 2.45) is 0 Å². The van der Waals surface area contributed by atoms with E-state index in [0.29, 0.717) is 11.7 Å². The van der Waals surface area contributed by atoms with Crippen molar-refractivity contribution >= 4 is 0 Å². The Kier molecular flexibility index (Phi) is 2.65. The number of fused-ring (bicyclic) bond motifs is 1. The molecule has 1 aliphatic carbocycles. The Morgan fingerprint density at radius 2 is 2.10 bits per heavy atom. The first-order chi connectivity index (χ1) is 9.81.